The average molecular weight is 209 g/mol. The van der Waals surface area contributed by atoms with Crippen molar-refractivity contribution < 1.29 is 9.53 Å². The zero-order valence-corrected chi connectivity index (χ0v) is 8.93. The number of nitrogens with zero attached hydrogens (tertiary/aromatic N) is 1. The molecule has 0 N–H and O–H groups in total. The lowest BCUT2D eigenvalue weighted by Crippen LogP contribution is -1.93. The summed E-state index contributed by atoms with van der Waals surface area (Å²) in [6, 6.07) is 5.75. The van der Waals surface area contributed by atoms with Crippen molar-refractivity contribution in [1.82, 2.24) is 0 Å². The first kappa shape index (κ1) is 10.8. The molecule has 1 aromatic rings. The normalized spacial score (nSPS) is 9.29. The quantitative estimate of drug-likeness (QED) is 0.433. The highest BCUT2D eigenvalue weighted by Crippen LogP contribution is 2.29. The Labute approximate surface area is 87.2 Å². The van der Waals surface area contributed by atoms with Gasteiger partial charge in [0.15, 0.2) is 0 Å². The molecule has 3 nitrogen and oxygen atoms in total. The Morgan fingerprint density at radius 2 is 2.36 bits per heavy atom. The molecule has 0 spiro atoms. The van der Waals surface area contributed by atoms with E-state index in [1.54, 1.807) is 18.9 Å². The number of hydrogen-bond acceptors (Lipinski definition) is 4. The maximum atomic E-state index is 10.0. The number of aliphatic imine (C=N–C) groups is 1. The Morgan fingerprint density at radius 1 is 1.57 bits per heavy atom. The van der Waals surface area contributed by atoms with Gasteiger partial charge in [-0.2, -0.15) is 0 Å². The predicted molar refractivity (Wildman–Crippen MR) is 56.6 cm³/mol. The zero-order chi connectivity index (χ0) is 10.4. The van der Waals surface area contributed by atoms with Gasteiger partial charge in [0.25, 0.3) is 0 Å². The molecular formula is C10H11NO2S. The molecule has 0 amide bonds. The van der Waals surface area contributed by atoms with Crippen molar-refractivity contribution in [2.45, 2.75) is 11.4 Å². The molecule has 14 heavy (non-hydrogen) atoms. The zero-order valence-electron chi connectivity index (χ0n) is 8.11. The molecular weight excluding hydrogens is 198 g/mol. The van der Waals surface area contributed by atoms with Crippen LogP contribution in [0.3, 0.4) is 0 Å². The highest BCUT2D eigenvalue weighted by Gasteiger charge is 2.06. The Hall–Kier alpha value is -1.25. The molecule has 0 radical (unpaired) electrons. The van der Waals surface area contributed by atoms with Gasteiger partial charge in [0.1, 0.15) is 5.75 Å². The minimum Gasteiger partial charge on any atom is -0.496 e. The molecule has 0 unspecified atom stereocenters. The highest BCUT2D eigenvalue weighted by molar-refractivity contribution is 7.98. The summed E-state index contributed by atoms with van der Waals surface area (Å²) in [4.78, 5) is 14.7. The van der Waals surface area contributed by atoms with E-state index in [4.69, 9.17) is 4.74 Å². The second kappa shape index (κ2) is 5.47. The summed E-state index contributed by atoms with van der Waals surface area (Å²) >= 11 is 1.61. The largest absolute Gasteiger partial charge is 0.496 e. The molecule has 0 saturated carbocycles. The summed E-state index contributed by atoms with van der Waals surface area (Å²) in [5.74, 6) is 0.760. The van der Waals surface area contributed by atoms with E-state index in [-0.39, 0.29) is 0 Å². The van der Waals surface area contributed by atoms with Crippen LogP contribution in [0.15, 0.2) is 28.1 Å². The van der Waals surface area contributed by atoms with E-state index < -0.39 is 0 Å². The maximum absolute atomic E-state index is 10.0. The number of hydrogen-bond donors (Lipinski definition) is 0. The number of benzene rings is 1. The molecule has 0 aliphatic heterocycles. The third-order valence-electron chi connectivity index (χ3n) is 1.83. The molecule has 0 saturated heterocycles. The highest BCUT2D eigenvalue weighted by atomic mass is 32.2. The summed E-state index contributed by atoms with van der Waals surface area (Å²) in [5, 5.41) is 0. The van der Waals surface area contributed by atoms with Crippen LogP contribution < -0.4 is 4.74 Å². The first-order chi connectivity index (χ1) is 6.83. The maximum Gasteiger partial charge on any atom is 0.235 e. The molecule has 4 heteroatoms. The Kier molecular flexibility index (Phi) is 4.23. The summed E-state index contributed by atoms with van der Waals surface area (Å²) in [6.45, 7) is 0.323. The molecule has 0 aliphatic rings. The fourth-order valence-corrected chi connectivity index (χ4v) is 1.82. The molecule has 0 aromatic heterocycles. The molecule has 0 fully saturated rings. The van der Waals surface area contributed by atoms with Crippen molar-refractivity contribution in [3.8, 4) is 5.75 Å². The van der Waals surface area contributed by atoms with Gasteiger partial charge in [-0.15, -0.1) is 11.8 Å². The van der Waals surface area contributed by atoms with E-state index in [0.29, 0.717) is 6.54 Å². The lowest BCUT2D eigenvalue weighted by Gasteiger charge is -2.09. The molecule has 0 atom stereocenters. The van der Waals surface area contributed by atoms with Crippen LogP contribution in [0, 0.1) is 0 Å². The summed E-state index contributed by atoms with van der Waals surface area (Å²) in [6.07, 6.45) is 3.50. The summed E-state index contributed by atoms with van der Waals surface area (Å²) in [5.41, 5.74) is 0.936. The topological polar surface area (TPSA) is 38.7 Å². The van der Waals surface area contributed by atoms with Crippen LogP contribution in [-0.2, 0) is 11.3 Å². The number of thioether (sulfide) groups is 1. The fraction of sp³-hybridized carbons (Fsp3) is 0.300. The first-order valence-corrected chi connectivity index (χ1v) is 5.29. The molecule has 1 rings (SSSR count). The Morgan fingerprint density at radius 3 is 2.93 bits per heavy atom. The SMILES string of the molecule is COc1cccc(SC)c1CN=C=O. The monoisotopic (exact) mass is 209 g/mol. The molecule has 74 valence electrons. The van der Waals surface area contributed by atoms with Crippen LogP contribution in [0.5, 0.6) is 5.75 Å². The van der Waals surface area contributed by atoms with Gasteiger partial charge in [-0.3, -0.25) is 0 Å². The van der Waals surface area contributed by atoms with Crippen molar-refractivity contribution in [2.24, 2.45) is 4.99 Å². The van der Waals surface area contributed by atoms with E-state index in [2.05, 4.69) is 4.99 Å². The number of rotatable bonds is 4. The van der Waals surface area contributed by atoms with Crippen molar-refractivity contribution in [3.63, 3.8) is 0 Å². The molecule has 1 aromatic carbocycles. The number of carbonyl (C=O) groups excluding carboxylic acids is 1. The molecule has 0 aliphatic carbocycles. The number of isocyanates is 1. The van der Waals surface area contributed by atoms with Gasteiger partial charge in [0, 0.05) is 10.5 Å². The summed E-state index contributed by atoms with van der Waals surface area (Å²) in [7, 11) is 1.60. The van der Waals surface area contributed by atoms with Crippen molar-refractivity contribution in [1.29, 1.82) is 0 Å². The van der Waals surface area contributed by atoms with Gasteiger partial charge < -0.3 is 4.74 Å². The lowest BCUT2D eigenvalue weighted by atomic mass is 10.2. The van der Waals surface area contributed by atoms with Gasteiger partial charge in [-0.1, -0.05) is 6.07 Å². The Balaban J connectivity index is 3.11. The number of ether oxygens (including phenoxy) is 1. The standard InChI is InChI=1S/C10H11NO2S/c1-13-9-4-3-5-10(14-2)8(9)6-11-7-12/h3-5H,6H2,1-2H3. The minimum atomic E-state index is 0.323. The number of methoxy groups -OCH3 is 1. The molecule has 0 heterocycles. The fourth-order valence-electron chi connectivity index (χ4n) is 1.20. The van der Waals surface area contributed by atoms with Crippen LogP contribution in [0.4, 0.5) is 0 Å². The second-order valence-electron chi connectivity index (χ2n) is 2.55. The third kappa shape index (κ3) is 2.37. The van der Waals surface area contributed by atoms with Crippen LogP contribution in [0.2, 0.25) is 0 Å². The predicted octanol–water partition coefficient (Wildman–Crippen LogP) is 2.25. The smallest absolute Gasteiger partial charge is 0.235 e. The first-order valence-electron chi connectivity index (χ1n) is 4.07. The average Bonchev–Trinajstić information content (AvgIpc) is 2.25. The molecule has 0 bridgehead atoms. The van der Waals surface area contributed by atoms with Crippen LogP contribution in [-0.4, -0.2) is 19.4 Å². The van der Waals surface area contributed by atoms with E-state index in [9.17, 15) is 4.79 Å². The second-order valence-corrected chi connectivity index (χ2v) is 3.40. The van der Waals surface area contributed by atoms with Crippen LogP contribution in [0.1, 0.15) is 5.56 Å². The van der Waals surface area contributed by atoms with Gasteiger partial charge in [0.2, 0.25) is 6.08 Å². The van der Waals surface area contributed by atoms with E-state index >= 15 is 0 Å². The van der Waals surface area contributed by atoms with Gasteiger partial charge in [0.05, 0.1) is 13.7 Å². The van der Waals surface area contributed by atoms with Crippen molar-refractivity contribution >= 4 is 17.8 Å². The van der Waals surface area contributed by atoms with Gasteiger partial charge >= 0.3 is 0 Å². The van der Waals surface area contributed by atoms with E-state index in [1.165, 1.54) is 6.08 Å². The van der Waals surface area contributed by atoms with Crippen LogP contribution >= 0.6 is 11.8 Å². The van der Waals surface area contributed by atoms with E-state index in [0.717, 1.165) is 16.2 Å². The van der Waals surface area contributed by atoms with E-state index in [1.807, 2.05) is 24.5 Å². The van der Waals surface area contributed by atoms with Crippen molar-refractivity contribution in [2.75, 3.05) is 13.4 Å². The third-order valence-corrected chi connectivity index (χ3v) is 2.65. The van der Waals surface area contributed by atoms with Gasteiger partial charge in [-0.25, -0.2) is 9.79 Å². The Bertz CT molecular complexity index is 337. The van der Waals surface area contributed by atoms with Crippen molar-refractivity contribution in [3.05, 3.63) is 23.8 Å². The summed E-state index contributed by atoms with van der Waals surface area (Å²) < 4.78 is 5.18. The van der Waals surface area contributed by atoms with Crippen LogP contribution in [0.25, 0.3) is 0 Å². The van der Waals surface area contributed by atoms with Gasteiger partial charge in [-0.05, 0) is 18.4 Å². The minimum absolute atomic E-state index is 0.323. The lowest BCUT2D eigenvalue weighted by molar-refractivity contribution is 0.408.